The number of nitrogens with zero attached hydrogens (tertiary/aromatic N) is 1. The Morgan fingerprint density at radius 3 is 1.09 bits per heavy atom. The van der Waals surface area contributed by atoms with Gasteiger partial charge in [-0.05, 0) is 94.4 Å². The zero-order chi connectivity index (χ0) is 89.7. The molecule has 0 bridgehead atoms. The number of guanidine groups is 1. The first-order valence-corrected chi connectivity index (χ1v) is 38.2. The van der Waals surface area contributed by atoms with E-state index in [1.807, 2.05) is 10.6 Å². The molecule has 0 aliphatic carbocycles. The molecule has 15 amide bonds. The number of rotatable bonds is 60. The van der Waals surface area contributed by atoms with Crippen molar-refractivity contribution in [3.8, 4) is 0 Å². The van der Waals surface area contributed by atoms with Crippen LogP contribution < -0.4 is 103 Å². The van der Waals surface area contributed by atoms with Gasteiger partial charge in [0, 0.05) is 25.1 Å². The summed E-state index contributed by atoms with van der Waals surface area (Å²) in [7, 11) is 0. The molecule has 0 saturated carbocycles. The summed E-state index contributed by atoms with van der Waals surface area (Å²) in [6, 6.07) is -24.0. The molecule has 48 heteroatoms. The SMILES string of the molecule is CC[C@H](C)[C@H](NC(=O)[C@H](CCCN=C(N)N)NC(=O)[C@H](CCCCN)NC(=O)[C@H](CC(C)C)NC(=O)[C@H](CS)NC(=O)[C@H](CCC(=O)O)NC(=O)[C@H](CO)NC(=O)[C@@H](N)CC(C)C)C(=O)NCC(=O)N[C@@H](CC(=O)O)C(=O)N[C@@H](CCC(=O)O)C(=O)N[C@@H](CC(C)C)C(=O)N[C@@H](CC(=O)O)C(=O)N[C@@H](CO)C(=O)N[C@@H](CC(N)=O)C(=O)O. The van der Waals surface area contributed by atoms with Crippen LogP contribution in [0, 0.1) is 23.7 Å². The fraction of sp³-hybridized carbons (Fsp3) is 0.696. The quantitative estimate of drug-likeness (QED) is 0.0116. The second kappa shape index (κ2) is 55.4. The number of carbonyl (C=O) groups is 20. The number of aliphatic carboxylic acids is 5. The molecular formula is C69H118N20O27S. The molecule has 0 aliphatic rings. The Morgan fingerprint density at radius 2 is 0.718 bits per heavy atom. The van der Waals surface area contributed by atoms with Gasteiger partial charge in [0.2, 0.25) is 88.6 Å². The molecule has 0 aromatic rings. The van der Waals surface area contributed by atoms with Gasteiger partial charge in [-0.15, -0.1) is 0 Å². The highest BCUT2D eigenvalue weighted by atomic mass is 32.1. The van der Waals surface area contributed by atoms with Gasteiger partial charge >= 0.3 is 29.8 Å². The van der Waals surface area contributed by atoms with E-state index in [-0.39, 0.29) is 82.3 Å². The Morgan fingerprint density at radius 1 is 0.376 bits per heavy atom. The lowest BCUT2D eigenvalue weighted by molar-refractivity contribution is -0.144. The third-order valence-corrected chi connectivity index (χ3v) is 17.6. The summed E-state index contributed by atoms with van der Waals surface area (Å²) in [6.45, 7) is 9.90. The number of carboxylic acid groups (broad SMARTS) is 5. The van der Waals surface area contributed by atoms with Crippen molar-refractivity contribution in [2.75, 3.05) is 38.6 Å². The minimum absolute atomic E-state index is 0.0117. The van der Waals surface area contributed by atoms with Crippen LogP contribution in [0.15, 0.2) is 4.99 Å². The third kappa shape index (κ3) is 43.4. The van der Waals surface area contributed by atoms with Crippen molar-refractivity contribution in [1.82, 2.24) is 74.4 Å². The Balaban J connectivity index is 7.05. The van der Waals surface area contributed by atoms with E-state index >= 15 is 0 Å². The smallest absolute Gasteiger partial charge is 0.326 e. The molecule has 0 spiro atoms. The Kier molecular flexibility index (Phi) is 50.1. The molecule has 47 nitrogen and oxygen atoms in total. The molecule has 31 N–H and O–H groups in total. The molecule has 0 aromatic heterocycles. The van der Waals surface area contributed by atoms with Crippen LogP contribution in [-0.4, -0.2) is 283 Å². The van der Waals surface area contributed by atoms with Gasteiger partial charge in [0.05, 0.1) is 45.1 Å². The van der Waals surface area contributed by atoms with Gasteiger partial charge in [0.25, 0.3) is 0 Å². The van der Waals surface area contributed by atoms with Crippen LogP contribution >= 0.6 is 12.6 Å². The lowest BCUT2D eigenvalue weighted by Gasteiger charge is -2.29. The monoisotopic (exact) mass is 1690 g/mol. The zero-order valence-electron chi connectivity index (χ0n) is 66.5. The minimum atomic E-state index is -2.12. The van der Waals surface area contributed by atoms with Crippen LogP contribution in [-0.2, 0) is 95.9 Å². The summed E-state index contributed by atoms with van der Waals surface area (Å²) in [5.74, 6) is -28.0. The number of unbranched alkanes of at least 4 members (excludes halogenated alkanes) is 1. The highest BCUT2D eigenvalue weighted by Crippen LogP contribution is 2.15. The molecule has 15 atom stereocenters. The number of hydrogen-bond acceptors (Lipinski definition) is 26. The minimum Gasteiger partial charge on any atom is -0.481 e. The summed E-state index contributed by atoms with van der Waals surface area (Å²) < 4.78 is 0. The number of aliphatic hydroxyl groups excluding tert-OH is 2. The predicted octanol–water partition coefficient (Wildman–Crippen LogP) is -9.35. The molecule has 0 heterocycles. The maximum atomic E-state index is 14.5. The first kappa shape index (κ1) is 106. The van der Waals surface area contributed by atoms with Crippen molar-refractivity contribution in [1.29, 1.82) is 0 Å². The number of carboxylic acids is 5. The molecule has 117 heavy (non-hydrogen) atoms. The lowest BCUT2D eigenvalue weighted by Crippen LogP contribution is -2.61. The molecule has 0 aromatic carbocycles. The van der Waals surface area contributed by atoms with Gasteiger partial charge in [-0.2, -0.15) is 12.6 Å². The number of thiol groups is 1. The van der Waals surface area contributed by atoms with E-state index in [9.17, 15) is 132 Å². The first-order valence-electron chi connectivity index (χ1n) is 37.6. The zero-order valence-corrected chi connectivity index (χ0v) is 67.4. The van der Waals surface area contributed by atoms with Gasteiger partial charge < -0.3 is 139 Å². The average molecular weight is 1690 g/mol. The maximum absolute atomic E-state index is 14.5. The molecule has 0 rings (SSSR count). The number of hydrogen-bond donors (Lipinski definition) is 27. The van der Waals surface area contributed by atoms with Crippen LogP contribution in [0.25, 0.3) is 0 Å². The third-order valence-electron chi connectivity index (χ3n) is 17.2. The predicted molar refractivity (Wildman–Crippen MR) is 414 cm³/mol. The van der Waals surface area contributed by atoms with E-state index in [4.69, 9.17) is 28.7 Å². The van der Waals surface area contributed by atoms with E-state index < -0.39 is 285 Å². The van der Waals surface area contributed by atoms with Crippen molar-refractivity contribution < 1.29 is 132 Å². The Hall–Kier alpha value is -11.1. The normalized spacial score (nSPS) is 14.9. The summed E-state index contributed by atoms with van der Waals surface area (Å²) in [5.41, 5.74) is 27.8. The maximum Gasteiger partial charge on any atom is 0.326 e. The van der Waals surface area contributed by atoms with Gasteiger partial charge in [0.1, 0.15) is 78.5 Å². The largest absolute Gasteiger partial charge is 0.481 e. The molecule has 0 radical (unpaired) electrons. The number of aliphatic imine (C=N–C) groups is 1. The van der Waals surface area contributed by atoms with E-state index in [1.165, 1.54) is 20.8 Å². The van der Waals surface area contributed by atoms with E-state index in [2.05, 4.69) is 81.4 Å². The van der Waals surface area contributed by atoms with Crippen molar-refractivity contribution in [3.63, 3.8) is 0 Å². The second-order valence-corrected chi connectivity index (χ2v) is 29.1. The Bertz CT molecular complexity index is 3460. The van der Waals surface area contributed by atoms with E-state index in [0.29, 0.717) is 6.42 Å². The van der Waals surface area contributed by atoms with Crippen LogP contribution in [0.2, 0.25) is 0 Å². The molecule has 0 unspecified atom stereocenters. The van der Waals surface area contributed by atoms with Gasteiger partial charge in [-0.1, -0.05) is 61.8 Å². The van der Waals surface area contributed by atoms with Crippen LogP contribution in [0.5, 0.6) is 0 Å². The first-order chi connectivity index (χ1) is 54.6. The van der Waals surface area contributed by atoms with Crippen molar-refractivity contribution in [2.24, 2.45) is 57.3 Å². The number of nitrogens with two attached hydrogens (primary N) is 5. The van der Waals surface area contributed by atoms with Crippen molar-refractivity contribution >= 4 is 137 Å². The summed E-state index contributed by atoms with van der Waals surface area (Å²) in [5, 5.41) is 99.7. The van der Waals surface area contributed by atoms with Gasteiger partial charge in [0.15, 0.2) is 5.96 Å². The topological polar surface area (TPSA) is 794 Å². The molecular weight excluding hydrogens is 1570 g/mol. The fourth-order valence-corrected chi connectivity index (χ4v) is 11.1. The fourth-order valence-electron chi connectivity index (χ4n) is 10.9. The number of aliphatic hydroxyl groups is 2. The lowest BCUT2D eigenvalue weighted by atomic mass is 9.97. The molecule has 0 saturated heterocycles. The highest BCUT2D eigenvalue weighted by molar-refractivity contribution is 7.80. The number of primary amides is 1. The average Bonchev–Trinajstić information content (AvgIpc) is 0.856. The summed E-state index contributed by atoms with van der Waals surface area (Å²) in [4.78, 5) is 268. The Labute approximate surface area is 679 Å². The second-order valence-electron chi connectivity index (χ2n) is 28.7. The number of nitrogens with one attached hydrogen (secondary N) is 14. The number of carbonyl (C=O) groups excluding carboxylic acids is 15. The summed E-state index contributed by atoms with van der Waals surface area (Å²) >= 11 is 4.21. The van der Waals surface area contributed by atoms with Crippen molar-refractivity contribution in [3.05, 3.63) is 0 Å². The summed E-state index contributed by atoms with van der Waals surface area (Å²) in [6.07, 6.45) is -6.25. The van der Waals surface area contributed by atoms with Crippen LogP contribution in [0.1, 0.15) is 158 Å². The molecule has 0 aliphatic heterocycles. The molecule has 662 valence electrons. The van der Waals surface area contributed by atoms with Gasteiger partial charge in [-0.3, -0.25) is 96.1 Å². The standard InChI is InChI=1S/C69H118N20O27S/c1-9-34(8)54(67(114)76-27-49(93)77-42(25-52(98)99)62(109)80-38(15-17-50(94)95)57(104)82-41(23-33(6)7)61(108)84-43(26-53(100)101)63(110)87-46(29-91)65(112)85-44(68(115)116)24-48(72)92)89-59(106)37(14-12-20-75-69(73)74)78-56(103)36(13-10-11-19-70)79-60(107)40(22-32(4)5)83-66(113)47(30-117)88-58(105)39(16-18-51(96)97)81-64(111)45(28-90)86-55(102)35(71)21-31(2)3/h31-47,54,90-91,117H,9-30,70-71H2,1-8H3,(H2,72,92)(H,76,114)(H,77,93)(H,78,103)(H,79,107)(H,80,109)(H,81,111)(H,82,104)(H,83,113)(H,84,108)(H,85,112)(H,86,102)(H,87,110)(H,88,105)(H,89,106)(H,94,95)(H,96,97)(H,98,99)(H,100,101)(H,115,116)(H4,73,74,75)/t34-,35-,36-,37-,38-,39-,40-,41-,42-,43-,44-,45-,46-,47-,54-/m0/s1. The molecule has 0 fully saturated rings. The van der Waals surface area contributed by atoms with E-state index in [1.54, 1.807) is 34.6 Å². The van der Waals surface area contributed by atoms with E-state index in [0.717, 1.165) is 0 Å². The van der Waals surface area contributed by atoms with Gasteiger partial charge in [-0.25, -0.2) is 4.79 Å². The highest BCUT2D eigenvalue weighted by Gasteiger charge is 2.39. The number of amides is 15. The van der Waals surface area contributed by atoms with Crippen LogP contribution in [0.3, 0.4) is 0 Å². The van der Waals surface area contributed by atoms with Crippen molar-refractivity contribution in [2.45, 2.75) is 243 Å². The van der Waals surface area contributed by atoms with Crippen LogP contribution in [0.4, 0.5) is 0 Å².